The van der Waals surface area contributed by atoms with Crippen LogP contribution in [0.4, 0.5) is 0 Å². The molecule has 2 saturated carbocycles. The number of carboxylic acids is 1. The van der Waals surface area contributed by atoms with Crippen LogP contribution < -0.4 is 0 Å². The largest absolute Gasteiger partial charge is 0.478 e. The van der Waals surface area contributed by atoms with Crippen molar-refractivity contribution in [3.8, 4) is 0 Å². The molecule has 112 valence electrons. The third-order valence-corrected chi connectivity index (χ3v) is 5.95. The maximum atomic E-state index is 11.3. The number of hydrogen-bond acceptors (Lipinski definition) is 2. The van der Waals surface area contributed by atoms with Crippen LogP contribution >= 0.6 is 0 Å². The van der Waals surface area contributed by atoms with E-state index in [0.29, 0.717) is 5.56 Å². The van der Waals surface area contributed by atoms with E-state index in [1.54, 1.807) is 6.07 Å². The van der Waals surface area contributed by atoms with Crippen molar-refractivity contribution in [2.75, 3.05) is 13.1 Å². The van der Waals surface area contributed by atoms with E-state index < -0.39 is 5.97 Å². The van der Waals surface area contributed by atoms with E-state index in [4.69, 9.17) is 0 Å². The monoisotopic (exact) mass is 285 g/mol. The van der Waals surface area contributed by atoms with E-state index >= 15 is 0 Å². The molecule has 2 aliphatic carbocycles. The molecule has 3 unspecified atom stereocenters. The van der Waals surface area contributed by atoms with Crippen LogP contribution in [0.1, 0.15) is 47.2 Å². The standard InChI is InChI=1S/C18H23NO2/c20-18(21)17-3-1-2-14-10-19(7-6-16(14)17)11-15-9-12-4-5-13(15)8-12/h1-3,12-13,15H,4-11H2,(H,20,21). The minimum absolute atomic E-state index is 0.507. The van der Waals surface area contributed by atoms with Crippen LogP contribution in [0.2, 0.25) is 0 Å². The van der Waals surface area contributed by atoms with Gasteiger partial charge in [-0.25, -0.2) is 4.79 Å². The van der Waals surface area contributed by atoms with E-state index in [2.05, 4.69) is 11.0 Å². The van der Waals surface area contributed by atoms with Gasteiger partial charge in [0.25, 0.3) is 0 Å². The van der Waals surface area contributed by atoms with Crippen LogP contribution in [0.15, 0.2) is 18.2 Å². The summed E-state index contributed by atoms with van der Waals surface area (Å²) in [6.07, 6.45) is 6.70. The minimum Gasteiger partial charge on any atom is -0.478 e. The second-order valence-corrected chi connectivity index (χ2v) is 7.17. The zero-order chi connectivity index (χ0) is 14.4. The van der Waals surface area contributed by atoms with Gasteiger partial charge in [0.2, 0.25) is 0 Å². The molecular formula is C18H23NO2. The Morgan fingerprint density at radius 3 is 2.90 bits per heavy atom. The molecule has 3 nitrogen and oxygen atoms in total. The summed E-state index contributed by atoms with van der Waals surface area (Å²) in [6, 6.07) is 5.74. The van der Waals surface area contributed by atoms with Gasteiger partial charge in [-0.2, -0.15) is 0 Å². The van der Waals surface area contributed by atoms with Gasteiger partial charge in [-0.05, 0) is 60.6 Å². The van der Waals surface area contributed by atoms with E-state index in [1.165, 1.54) is 37.8 Å². The number of rotatable bonds is 3. The van der Waals surface area contributed by atoms with Gasteiger partial charge in [0.05, 0.1) is 5.56 Å². The Bertz CT molecular complexity index is 568. The lowest BCUT2D eigenvalue weighted by Gasteiger charge is -2.33. The molecule has 1 N–H and O–H groups in total. The molecule has 1 aromatic carbocycles. The first-order valence-corrected chi connectivity index (χ1v) is 8.27. The fourth-order valence-electron chi connectivity index (χ4n) is 4.96. The highest BCUT2D eigenvalue weighted by Gasteiger charge is 2.40. The van der Waals surface area contributed by atoms with Gasteiger partial charge < -0.3 is 5.11 Å². The van der Waals surface area contributed by atoms with Gasteiger partial charge in [0, 0.05) is 19.6 Å². The highest BCUT2D eigenvalue weighted by Crippen LogP contribution is 2.48. The van der Waals surface area contributed by atoms with Gasteiger partial charge >= 0.3 is 5.97 Å². The number of fused-ring (bicyclic) bond motifs is 3. The van der Waals surface area contributed by atoms with Crippen molar-refractivity contribution >= 4 is 5.97 Å². The van der Waals surface area contributed by atoms with Gasteiger partial charge in [-0.3, -0.25) is 4.90 Å². The number of aromatic carboxylic acids is 1. The molecule has 1 aromatic rings. The first-order valence-electron chi connectivity index (χ1n) is 8.27. The molecule has 3 atom stereocenters. The predicted octanol–water partition coefficient (Wildman–Crippen LogP) is 3.18. The minimum atomic E-state index is -0.784. The summed E-state index contributed by atoms with van der Waals surface area (Å²) in [4.78, 5) is 13.9. The summed E-state index contributed by atoms with van der Waals surface area (Å²) < 4.78 is 0. The Labute approximate surface area is 126 Å². The second-order valence-electron chi connectivity index (χ2n) is 7.17. The summed E-state index contributed by atoms with van der Waals surface area (Å²) in [6.45, 7) is 3.17. The van der Waals surface area contributed by atoms with Crippen molar-refractivity contribution in [2.45, 2.75) is 38.6 Å². The molecule has 3 heteroatoms. The normalized spacial score (nSPS) is 31.3. The van der Waals surface area contributed by atoms with E-state index in [0.717, 1.165) is 42.8 Å². The lowest BCUT2D eigenvalue weighted by Crippen LogP contribution is -2.36. The first-order chi connectivity index (χ1) is 10.2. The lowest BCUT2D eigenvalue weighted by molar-refractivity contribution is 0.0694. The first kappa shape index (κ1) is 13.3. The fourth-order valence-corrected chi connectivity index (χ4v) is 4.96. The summed E-state index contributed by atoms with van der Waals surface area (Å²) in [5.74, 6) is 2.10. The van der Waals surface area contributed by atoms with Crippen LogP contribution in [0.5, 0.6) is 0 Å². The number of benzene rings is 1. The average Bonchev–Trinajstić information content (AvgIpc) is 3.09. The van der Waals surface area contributed by atoms with Crippen LogP contribution in [0, 0.1) is 17.8 Å². The quantitative estimate of drug-likeness (QED) is 0.927. The average molecular weight is 285 g/mol. The molecule has 0 aromatic heterocycles. The summed E-state index contributed by atoms with van der Waals surface area (Å²) >= 11 is 0. The molecule has 2 fully saturated rings. The van der Waals surface area contributed by atoms with E-state index in [-0.39, 0.29) is 0 Å². The van der Waals surface area contributed by atoms with Crippen molar-refractivity contribution in [3.05, 3.63) is 34.9 Å². The number of carboxylic acid groups (broad SMARTS) is 1. The molecule has 1 heterocycles. The zero-order valence-corrected chi connectivity index (χ0v) is 12.4. The Morgan fingerprint density at radius 1 is 1.29 bits per heavy atom. The Hall–Kier alpha value is -1.35. The SMILES string of the molecule is O=C(O)c1cccc2c1CCN(CC1CC3CCC1C3)C2. The molecule has 0 spiro atoms. The van der Waals surface area contributed by atoms with Crippen LogP contribution in [-0.4, -0.2) is 29.1 Å². The topological polar surface area (TPSA) is 40.5 Å². The predicted molar refractivity (Wildman–Crippen MR) is 81.3 cm³/mol. The Balaban J connectivity index is 1.47. The van der Waals surface area contributed by atoms with Gasteiger partial charge in [0.1, 0.15) is 0 Å². The second kappa shape index (κ2) is 5.13. The molecule has 2 bridgehead atoms. The maximum Gasteiger partial charge on any atom is 0.335 e. The van der Waals surface area contributed by atoms with Gasteiger partial charge in [-0.15, -0.1) is 0 Å². The van der Waals surface area contributed by atoms with Crippen molar-refractivity contribution in [1.82, 2.24) is 4.90 Å². The third-order valence-electron chi connectivity index (χ3n) is 5.95. The summed E-state index contributed by atoms with van der Waals surface area (Å²) in [7, 11) is 0. The van der Waals surface area contributed by atoms with Crippen molar-refractivity contribution < 1.29 is 9.90 Å². The number of nitrogens with zero attached hydrogens (tertiary/aromatic N) is 1. The van der Waals surface area contributed by atoms with Crippen molar-refractivity contribution in [1.29, 1.82) is 0 Å². The molecule has 1 aliphatic heterocycles. The maximum absolute atomic E-state index is 11.3. The molecular weight excluding hydrogens is 262 g/mol. The molecule has 0 amide bonds. The highest BCUT2D eigenvalue weighted by atomic mass is 16.4. The van der Waals surface area contributed by atoms with Crippen molar-refractivity contribution in [3.63, 3.8) is 0 Å². The molecule has 0 saturated heterocycles. The van der Waals surface area contributed by atoms with Gasteiger partial charge in [-0.1, -0.05) is 18.6 Å². The number of hydrogen-bond donors (Lipinski definition) is 1. The van der Waals surface area contributed by atoms with Crippen LogP contribution in [-0.2, 0) is 13.0 Å². The van der Waals surface area contributed by atoms with Gasteiger partial charge in [0.15, 0.2) is 0 Å². The summed E-state index contributed by atoms with van der Waals surface area (Å²) in [5, 5.41) is 9.29. The number of carbonyl (C=O) groups is 1. The molecule has 0 radical (unpaired) electrons. The zero-order valence-electron chi connectivity index (χ0n) is 12.4. The molecule has 21 heavy (non-hydrogen) atoms. The highest BCUT2D eigenvalue weighted by molar-refractivity contribution is 5.89. The molecule has 4 rings (SSSR count). The summed E-state index contributed by atoms with van der Waals surface area (Å²) in [5.41, 5.74) is 2.80. The van der Waals surface area contributed by atoms with Crippen LogP contribution in [0.25, 0.3) is 0 Å². The van der Waals surface area contributed by atoms with Crippen molar-refractivity contribution in [2.24, 2.45) is 17.8 Å². The fraction of sp³-hybridized carbons (Fsp3) is 0.611. The van der Waals surface area contributed by atoms with E-state index in [1.807, 2.05) is 6.07 Å². The van der Waals surface area contributed by atoms with Crippen LogP contribution in [0.3, 0.4) is 0 Å². The Morgan fingerprint density at radius 2 is 2.19 bits per heavy atom. The van der Waals surface area contributed by atoms with E-state index in [9.17, 15) is 9.90 Å². The smallest absolute Gasteiger partial charge is 0.335 e. The Kier molecular flexibility index (Phi) is 3.26. The third kappa shape index (κ3) is 2.38. The lowest BCUT2D eigenvalue weighted by atomic mass is 9.87. The molecule has 3 aliphatic rings.